The highest BCUT2D eigenvalue weighted by Crippen LogP contribution is 2.32. The largest absolute Gasteiger partial charge is 0.385 e. The van der Waals surface area contributed by atoms with E-state index in [0.717, 1.165) is 32.4 Å². The van der Waals surface area contributed by atoms with Crippen LogP contribution in [0, 0.1) is 0 Å². The van der Waals surface area contributed by atoms with Crippen molar-refractivity contribution in [2.75, 3.05) is 20.3 Å². The van der Waals surface area contributed by atoms with Crippen molar-refractivity contribution in [3.05, 3.63) is 0 Å². The van der Waals surface area contributed by atoms with E-state index in [0.29, 0.717) is 17.9 Å². The first kappa shape index (κ1) is 12.1. The molecule has 0 aromatic rings. The normalized spacial score (nSPS) is 30.7. The second-order valence-electron chi connectivity index (χ2n) is 5.12. The first-order valence-electron chi connectivity index (χ1n) is 6.57. The van der Waals surface area contributed by atoms with Crippen LogP contribution < -0.4 is 0 Å². The van der Waals surface area contributed by atoms with E-state index >= 15 is 0 Å². The lowest BCUT2D eigenvalue weighted by atomic mass is 9.83. The molecule has 3 heteroatoms. The van der Waals surface area contributed by atoms with Crippen LogP contribution in [-0.4, -0.2) is 43.0 Å². The SMILES string of the molecule is COCCCCN1C2CCCC1CC(=O)C2. The molecule has 16 heavy (non-hydrogen) atoms. The number of ketones is 1. The topological polar surface area (TPSA) is 29.5 Å². The molecule has 0 radical (unpaired) electrons. The van der Waals surface area contributed by atoms with Gasteiger partial charge in [-0.2, -0.15) is 0 Å². The van der Waals surface area contributed by atoms with Gasteiger partial charge in [0.15, 0.2) is 0 Å². The molecule has 2 fully saturated rings. The lowest BCUT2D eigenvalue weighted by molar-refractivity contribution is -0.127. The van der Waals surface area contributed by atoms with Gasteiger partial charge in [0.25, 0.3) is 0 Å². The van der Waals surface area contributed by atoms with Gasteiger partial charge in [-0.1, -0.05) is 6.42 Å². The van der Waals surface area contributed by atoms with Gasteiger partial charge in [-0.25, -0.2) is 0 Å². The number of unbranched alkanes of at least 4 members (excludes halogenated alkanes) is 1. The maximum Gasteiger partial charge on any atom is 0.136 e. The van der Waals surface area contributed by atoms with Gasteiger partial charge >= 0.3 is 0 Å². The Morgan fingerprint density at radius 3 is 2.56 bits per heavy atom. The van der Waals surface area contributed by atoms with E-state index in [1.165, 1.54) is 25.7 Å². The summed E-state index contributed by atoms with van der Waals surface area (Å²) in [7, 11) is 1.76. The van der Waals surface area contributed by atoms with Crippen molar-refractivity contribution in [2.45, 2.75) is 57.0 Å². The van der Waals surface area contributed by atoms with Gasteiger partial charge in [0, 0.05) is 38.6 Å². The highest BCUT2D eigenvalue weighted by atomic mass is 16.5. The summed E-state index contributed by atoms with van der Waals surface area (Å²) >= 11 is 0. The van der Waals surface area contributed by atoms with E-state index in [1.54, 1.807) is 7.11 Å². The molecule has 0 spiro atoms. The average molecular weight is 225 g/mol. The van der Waals surface area contributed by atoms with E-state index in [2.05, 4.69) is 4.90 Å². The molecule has 2 aliphatic heterocycles. The van der Waals surface area contributed by atoms with Crippen LogP contribution >= 0.6 is 0 Å². The lowest BCUT2D eigenvalue weighted by Gasteiger charge is -2.45. The summed E-state index contributed by atoms with van der Waals surface area (Å²) in [5.41, 5.74) is 0. The van der Waals surface area contributed by atoms with Gasteiger partial charge in [-0.15, -0.1) is 0 Å². The van der Waals surface area contributed by atoms with Crippen LogP contribution in [0.25, 0.3) is 0 Å². The molecule has 2 atom stereocenters. The van der Waals surface area contributed by atoms with E-state index in [9.17, 15) is 4.79 Å². The molecule has 0 N–H and O–H groups in total. The molecule has 92 valence electrons. The second kappa shape index (κ2) is 5.78. The summed E-state index contributed by atoms with van der Waals surface area (Å²) in [6.07, 6.45) is 7.73. The number of hydrogen-bond acceptors (Lipinski definition) is 3. The molecule has 0 amide bonds. The summed E-state index contributed by atoms with van der Waals surface area (Å²) < 4.78 is 5.07. The second-order valence-corrected chi connectivity index (χ2v) is 5.12. The standard InChI is InChI=1S/C13H23NO2/c1-16-8-3-2-7-14-11-5-4-6-12(14)10-13(15)9-11/h11-12H,2-10H2,1H3. The molecular weight excluding hydrogens is 202 g/mol. The molecule has 0 aromatic carbocycles. The first-order valence-corrected chi connectivity index (χ1v) is 6.57. The van der Waals surface area contributed by atoms with Crippen molar-refractivity contribution < 1.29 is 9.53 Å². The number of piperidine rings is 2. The number of carbonyl (C=O) groups excluding carboxylic acids is 1. The average Bonchev–Trinajstić information content (AvgIpc) is 2.25. The maximum absolute atomic E-state index is 11.6. The molecule has 2 rings (SSSR count). The molecule has 2 heterocycles. The fourth-order valence-electron chi connectivity index (χ4n) is 3.17. The van der Waals surface area contributed by atoms with Gasteiger partial charge in [-0.05, 0) is 32.2 Å². The highest BCUT2D eigenvalue weighted by Gasteiger charge is 2.36. The van der Waals surface area contributed by atoms with Crippen LogP contribution in [0.15, 0.2) is 0 Å². The molecule has 3 nitrogen and oxygen atoms in total. The van der Waals surface area contributed by atoms with Crippen LogP contribution in [0.2, 0.25) is 0 Å². The van der Waals surface area contributed by atoms with Crippen LogP contribution in [0.5, 0.6) is 0 Å². The Labute approximate surface area is 98.1 Å². The number of rotatable bonds is 5. The molecule has 0 saturated carbocycles. The number of nitrogens with zero attached hydrogens (tertiary/aromatic N) is 1. The Bertz CT molecular complexity index is 226. The third kappa shape index (κ3) is 2.83. The summed E-state index contributed by atoms with van der Waals surface area (Å²) in [6.45, 7) is 2.02. The van der Waals surface area contributed by atoms with Gasteiger partial charge < -0.3 is 4.74 Å². The number of carbonyl (C=O) groups is 1. The van der Waals surface area contributed by atoms with Crippen molar-refractivity contribution in [1.29, 1.82) is 0 Å². The van der Waals surface area contributed by atoms with E-state index in [-0.39, 0.29) is 0 Å². The molecule has 2 unspecified atom stereocenters. The minimum absolute atomic E-state index is 0.489. The zero-order valence-electron chi connectivity index (χ0n) is 10.3. The monoisotopic (exact) mass is 225 g/mol. The number of Topliss-reactive ketones (excluding diaryl/α,β-unsaturated/α-hetero) is 1. The predicted octanol–water partition coefficient (Wildman–Crippen LogP) is 2.00. The van der Waals surface area contributed by atoms with Crippen molar-refractivity contribution in [3.63, 3.8) is 0 Å². The number of fused-ring (bicyclic) bond motifs is 2. The Hall–Kier alpha value is -0.410. The van der Waals surface area contributed by atoms with Crippen LogP contribution in [0.4, 0.5) is 0 Å². The highest BCUT2D eigenvalue weighted by molar-refractivity contribution is 5.80. The minimum Gasteiger partial charge on any atom is -0.385 e. The molecule has 2 saturated heterocycles. The summed E-state index contributed by atoms with van der Waals surface area (Å²) in [5, 5.41) is 0. The number of hydrogen-bond donors (Lipinski definition) is 0. The third-order valence-corrected chi connectivity index (χ3v) is 3.95. The minimum atomic E-state index is 0.489. The van der Waals surface area contributed by atoms with Crippen LogP contribution in [-0.2, 0) is 9.53 Å². The summed E-state index contributed by atoms with van der Waals surface area (Å²) in [6, 6.07) is 1.12. The van der Waals surface area contributed by atoms with E-state index in [1.807, 2.05) is 0 Å². The zero-order chi connectivity index (χ0) is 11.4. The van der Waals surface area contributed by atoms with Crippen molar-refractivity contribution >= 4 is 5.78 Å². The van der Waals surface area contributed by atoms with Crippen molar-refractivity contribution in [2.24, 2.45) is 0 Å². The lowest BCUT2D eigenvalue weighted by Crippen LogP contribution is -2.52. The van der Waals surface area contributed by atoms with Crippen molar-refractivity contribution in [1.82, 2.24) is 4.90 Å². The molecule has 0 aliphatic carbocycles. The summed E-state index contributed by atoms with van der Waals surface area (Å²) in [5.74, 6) is 0.489. The predicted molar refractivity (Wildman–Crippen MR) is 63.5 cm³/mol. The fourth-order valence-corrected chi connectivity index (χ4v) is 3.17. The maximum atomic E-state index is 11.6. The van der Waals surface area contributed by atoms with Gasteiger partial charge in [0.05, 0.1) is 0 Å². The first-order chi connectivity index (χ1) is 7.81. The van der Waals surface area contributed by atoms with Crippen LogP contribution in [0.3, 0.4) is 0 Å². The van der Waals surface area contributed by atoms with Crippen LogP contribution in [0.1, 0.15) is 44.9 Å². The number of ether oxygens (including phenoxy) is 1. The van der Waals surface area contributed by atoms with Gasteiger partial charge in [0.1, 0.15) is 5.78 Å². The summed E-state index contributed by atoms with van der Waals surface area (Å²) in [4.78, 5) is 14.1. The molecule has 2 bridgehead atoms. The van der Waals surface area contributed by atoms with Gasteiger partial charge in [-0.3, -0.25) is 9.69 Å². The van der Waals surface area contributed by atoms with E-state index < -0.39 is 0 Å². The smallest absolute Gasteiger partial charge is 0.136 e. The third-order valence-electron chi connectivity index (χ3n) is 3.95. The quantitative estimate of drug-likeness (QED) is 0.670. The Morgan fingerprint density at radius 2 is 1.94 bits per heavy atom. The zero-order valence-corrected chi connectivity index (χ0v) is 10.3. The molecule has 0 aromatic heterocycles. The Morgan fingerprint density at radius 1 is 1.25 bits per heavy atom. The Balaban J connectivity index is 1.81. The van der Waals surface area contributed by atoms with E-state index in [4.69, 9.17) is 4.74 Å². The van der Waals surface area contributed by atoms with Crippen molar-refractivity contribution in [3.8, 4) is 0 Å². The van der Waals surface area contributed by atoms with Gasteiger partial charge in [0.2, 0.25) is 0 Å². The fraction of sp³-hybridized carbons (Fsp3) is 0.923. The molecule has 2 aliphatic rings. The Kier molecular flexibility index (Phi) is 4.36. The number of methoxy groups -OCH3 is 1. The molecular formula is C13H23NO2.